The summed E-state index contributed by atoms with van der Waals surface area (Å²) in [4.78, 5) is 25.6. The number of likely N-dealkylation sites (N-methyl/N-ethyl adjacent to an activating group) is 1. The maximum absolute atomic E-state index is 13.0. The number of amides is 1. The first-order chi connectivity index (χ1) is 42.0. The number of carbonyl (C=O) groups is 1. The number of aliphatic hydroxyl groups excluding tert-OH is 1. The maximum atomic E-state index is 13.0. The Hall–Kier alpha value is -2.32. The van der Waals surface area contributed by atoms with Gasteiger partial charge in [-0.1, -0.05) is 343 Å². The standard InChI is InChI=1S/C77H143N2O6P/c1-6-8-10-12-14-16-18-20-22-24-26-28-30-32-34-35-36-37-38-39-40-41-42-43-45-47-49-51-53-55-57-59-61-63-65-67-69-71-77(81)78-75(74-85-86(82,83)84-73-72-79(3,4)5)76(80)70-68-66-64-62-60-58-56-54-52-50-48-46-44-33-31-29-27-25-23-21-19-17-15-13-11-9-7-2/h8,10,14,16,20,22,26,28,52,54,60,62,68,70,75-76,80H,6-7,9,11-13,15,17-19,21,23-25,27,29-51,53,55-59,61,63-67,69,71-74H2,1-5H3,(H-,78,81,82,83)/b10-8-,16-14-,22-20-,28-26-,54-52+,62-60+,70-68+. The average molecular weight is 1220 g/mol. The monoisotopic (exact) mass is 1220 g/mol. The van der Waals surface area contributed by atoms with Crippen LogP contribution in [0.2, 0.25) is 0 Å². The Morgan fingerprint density at radius 1 is 0.419 bits per heavy atom. The van der Waals surface area contributed by atoms with Crippen LogP contribution in [0.5, 0.6) is 0 Å². The molecule has 0 bridgehead atoms. The van der Waals surface area contributed by atoms with Crippen LogP contribution in [-0.4, -0.2) is 68.5 Å². The van der Waals surface area contributed by atoms with Gasteiger partial charge in [0.1, 0.15) is 13.2 Å². The third-order valence-corrected chi connectivity index (χ3v) is 17.5. The van der Waals surface area contributed by atoms with Gasteiger partial charge >= 0.3 is 0 Å². The lowest BCUT2D eigenvalue weighted by Gasteiger charge is -2.29. The van der Waals surface area contributed by atoms with E-state index in [9.17, 15) is 19.4 Å². The van der Waals surface area contributed by atoms with Crippen molar-refractivity contribution in [1.82, 2.24) is 5.32 Å². The Kier molecular flexibility index (Phi) is 65.3. The van der Waals surface area contributed by atoms with Gasteiger partial charge < -0.3 is 28.8 Å². The Bertz CT molecular complexity index is 1680. The predicted octanol–water partition coefficient (Wildman–Crippen LogP) is 23.3. The van der Waals surface area contributed by atoms with Crippen molar-refractivity contribution in [3.63, 3.8) is 0 Å². The normalized spacial score (nSPS) is 14.1. The smallest absolute Gasteiger partial charge is 0.268 e. The molecule has 0 aromatic carbocycles. The molecule has 0 aromatic heterocycles. The van der Waals surface area contributed by atoms with E-state index in [1.807, 2.05) is 27.2 Å². The molecule has 502 valence electrons. The zero-order valence-electron chi connectivity index (χ0n) is 57.5. The molecule has 2 N–H and O–H groups in total. The highest BCUT2D eigenvalue weighted by atomic mass is 31.2. The van der Waals surface area contributed by atoms with E-state index < -0.39 is 26.6 Å². The molecular formula is C77H143N2O6P. The van der Waals surface area contributed by atoms with E-state index in [2.05, 4.69) is 92.1 Å². The second-order valence-electron chi connectivity index (χ2n) is 26.3. The lowest BCUT2D eigenvalue weighted by molar-refractivity contribution is -0.870. The van der Waals surface area contributed by atoms with Crippen LogP contribution in [0.1, 0.15) is 348 Å². The summed E-state index contributed by atoms with van der Waals surface area (Å²) in [6.45, 7) is 4.55. The van der Waals surface area contributed by atoms with Crippen LogP contribution in [0.3, 0.4) is 0 Å². The number of unbranched alkanes of at least 4 members (excludes halogenated alkanes) is 43. The van der Waals surface area contributed by atoms with Crippen molar-refractivity contribution in [1.29, 1.82) is 0 Å². The minimum Gasteiger partial charge on any atom is -0.756 e. The number of aliphatic hydroxyl groups is 1. The number of phosphoric acid groups is 1. The van der Waals surface area contributed by atoms with Crippen LogP contribution in [0, 0.1) is 0 Å². The number of carbonyl (C=O) groups excluding carboxylic acids is 1. The molecule has 0 heterocycles. The fourth-order valence-corrected chi connectivity index (χ4v) is 11.6. The topological polar surface area (TPSA) is 108 Å². The zero-order valence-corrected chi connectivity index (χ0v) is 58.4. The van der Waals surface area contributed by atoms with Crippen LogP contribution < -0.4 is 10.2 Å². The van der Waals surface area contributed by atoms with Crippen LogP contribution >= 0.6 is 7.82 Å². The molecule has 0 saturated carbocycles. The molecule has 86 heavy (non-hydrogen) atoms. The molecule has 0 radical (unpaired) electrons. The molecule has 0 aromatic rings. The number of quaternary nitrogens is 1. The van der Waals surface area contributed by atoms with Gasteiger partial charge in [-0.15, -0.1) is 0 Å². The van der Waals surface area contributed by atoms with Crippen molar-refractivity contribution in [2.45, 2.75) is 360 Å². The predicted molar refractivity (Wildman–Crippen MR) is 376 cm³/mol. The fraction of sp³-hybridized carbons (Fsp3) is 0.805. The highest BCUT2D eigenvalue weighted by Crippen LogP contribution is 2.38. The van der Waals surface area contributed by atoms with Crippen molar-refractivity contribution < 1.29 is 32.9 Å². The molecule has 3 atom stereocenters. The molecule has 9 heteroatoms. The first-order valence-corrected chi connectivity index (χ1v) is 38.4. The summed E-state index contributed by atoms with van der Waals surface area (Å²) in [6, 6.07) is -0.913. The van der Waals surface area contributed by atoms with Crippen LogP contribution in [0.15, 0.2) is 85.1 Å². The summed E-state index contributed by atoms with van der Waals surface area (Å²) < 4.78 is 23.5. The zero-order chi connectivity index (χ0) is 62.6. The number of phosphoric ester groups is 1. The summed E-state index contributed by atoms with van der Waals surface area (Å²) in [5.41, 5.74) is 0. The largest absolute Gasteiger partial charge is 0.756 e. The van der Waals surface area contributed by atoms with Gasteiger partial charge in [-0.05, 0) is 83.5 Å². The average Bonchev–Trinajstić information content (AvgIpc) is 3.70. The first kappa shape index (κ1) is 83.7. The molecule has 0 saturated heterocycles. The lowest BCUT2D eigenvalue weighted by Crippen LogP contribution is -2.45. The van der Waals surface area contributed by atoms with Crippen LogP contribution in [-0.2, 0) is 18.4 Å². The third kappa shape index (κ3) is 69.2. The maximum Gasteiger partial charge on any atom is 0.268 e. The van der Waals surface area contributed by atoms with Gasteiger partial charge in [0.05, 0.1) is 39.9 Å². The molecule has 3 unspecified atom stereocenters. The molecule has 0 aliphatic rings. The number of rotatable bonds is 68. The van der Waals surface area contributed by atoms with Crippen LogP contribution in [0.4, 0.5) is 0 Å². The summed E-state index contributed by atoms with van der Waals surface area (Å²) >= 11 is 0. The molecule has 0 fully saturated rings. The quantitative estimate of drug-likeness (QED) is 0.0272. The molecule has 0 spiro atoms. The highest BCUT2D eigenvalue weighted by molar-refractivity contribution is 7.45. The van der Waals surface area contributed by atoms with Gasteiger partial charge in [-0.2, -0.15) is 0 Å². The Morgan fingerprint density at radius 2 is 0.721 bits per heavy atom. The third-order valence-electron chi connectivity index (χ3n) is 16.6. The molecular weight excluding hydrogens is 1080 g/mol. The Morgan fingerprint density at radius 3 is 1.08 bits per heavy atom. The summed E-state index contributed by atoms with van der Waals surface area (Å²) in [5.74, 6) is -0.206. The Labute approximate surface area is 535 Å². The van der Waals surface area contributed by atoms with Crippen molar-refractivity contribution >= 4 is 13.7 Å². The minimum atomic E-state index is -4.62. The van der Waals surface area contributed by atoms with Crippen LogP contribution in [0.25, 0.3) is 0 Å². The summed E-state index contributed by atoms with van der Waals surface area (Å²) in [7, 11) is 1.24. The second kappa shape index (κ2) is 67.1. The van der Waals surface area contributed by atoms with Gasteiger partial charge in [0.2, 0.25) is 5.91 Å². The SMILES string of the molecule is CC/C=C\C/C=C\C/C=C\C/C=C\CCCCCCCCCCCCCCCCCCCCCCCCCCC(=O)NC(COP(=O)([O-])OCC[N+](C)(C)C)C(O)/C=C/CC/C=C/CC/C=C/CCCCCCCCCCCCCCCCCCC. The molecule has 0 rings (SSSR count). The number of allylic oxidation sites excluding steroid dienone is 13. The van der Waals surface area contributed by atoms with E-state index in [1.54, 1.807) is 6.08 Å². The number of hydrogen-bond donors (Lipinski definition) is 2. The fourth-order valence-electron chi connectivity index (χ4n) is 10.9. The molecule has 0 aliphatic carbocycles. The molecule has 1 amide bonds. The van der Waals surface area contributed by atoms with Crippen molar-refractivity contribution in [2.75, 3.05) is 40.9 Å². The van der Waals surface area contributed by atoms with Gasteiger partial charge in [0.25, 0.3) is 7.82 Å². The van der Waals surface area contributed by atoms with E-state index in [1.165, 1.54) is 257 Å². The van der Waals surface area contributed by atoms with Gasteiger partial charge in [0, 0.05) is 6.42 Å². The first-order valence-electron chi connectivity index (χ1n) is 36.9. The molecule has 8 nitrogen and oxygen atoms in total. The van der Waals surface area contributed by atoms with E-state index in [-0.39, 0.29) is 12.5 Å². The van der Waals surface area contributed by atoms with Gasteiger partial charge in [-0.25, -0.2) is 0 Å². The molecule has 0 aliphatic heterocycles. The van der Waals surface area contributed by atoms with E-state index in [4.69, 9.17) is 9.05 Å². The second-order valence-corrected chi connectivity index (χ2v) is 27.7. The van der Waals surface area contributed by atoms with E-state index in [0.29, 0.717) is 17.4 Å². The summed E-state index contributed by atoms with van der Waals surface area (Å²) in [5, 5.41) is 13.9. The van der Waals surface area contributed by atoms with Gasteiger partial charge in [-0.3, -0.25) is 9.36 Å². The number of nitrogens with zero attached hydrogens (tertiary/aromatic N) is 1. The number of hydrogen-bond acceptors (Lipinski definition) is 6. The minimum absolute atomic E-state index is 0.00955. The summed E-state index contributed by atoms with van der Waals surface area (Å²) in [6.07, 6.45) is 95.9. The number of nitrogens with one attached hydrogen (secondary N) is 1. The van der Waals surface area contributed by atoms with E-state index in [0.717, 1.165) is 70.6 Å². The van der Waals surface area contributed by atoms with Crippen molar-refractivity contribution in [3.05, 3.63) is 85.1 Å². The highest BCUT2D eigenvalue weighted by Gasteiger charge is 2.23. The van der Waals surface area contributed by atoms with Crippen molar-refractivity contribution in [3.8, 4) is 0 Å². The van der Waals surface area contributed by atoms with E-state index >= 15 is 0 Å². The lowest BCUT2D eigenvalue weighted by atomic mass is 10.0. The van der Waals surface area contributed by atoms with Gasteiger partial charge in [0.15, 0.2) is 0 Å². The Balaban J connectivity index is 4.04. The van der Waals surface area contributed by atoms with Crippen molar-refractivity contribution in [2.24, 2.45) is 0 Å².